The molecule has 5 unspecified atom stereocenters. The van der Waals surface area contributed by atoms with Crippen LogP contribution in [0.25, 0.3) is 0 Å². The molecule has 1 saturated carbocycles. The van der Waals surface area contributed by atoms with Crippen LogP contribution in [0.1, 0.15) is 40.0 Å². The van der Waals surface area contributed by atoms with E-state index in [1.807, 2.05) is 0 Å². The van der Waals surface area contributed by atoms with Gasteiger partial charge >= 0.3 is 5.97 Å². The molecule has 0 N–H and O–H groups in total. The lowest BCUT2D eigenvalue weighted by Gasteiger charge is -2.40. The highest BCUT2D eigenvalue weighted by Gasteiger charge is 2.77. The van der Waals surface area contributed by atoms with Crippen molar-refractivity contribution in [2.24, 2.45) is 22.7 Å². The van der Waals surface area contributed by atoms with E-state index in [1.54, 1.807) is 0 Å². The molecule has 0 amide bonds. The average Bonchev–Trinajstić information content (AvgIpc) is 2.93. The van der Waals surface area contributed by atoms with Crippen molar-refractivity contribution in [3.63, 3.8) is 0 Å². The Kier molecular flexibility index (Phi) is 1.84. The van der Waals surface area contributed by atoms with Crippen LogP contribution in [0.4, 0.5) is 0 Å². The minimum Gasteiger partial charge on any atom is -0.432 e. The zero-order valence-corrected chi connectivity index (χ0v) is 11.2. The van der Waals surface area contributed by atoms with Gasteiger partial charge in [-0.25, -0.2) is 0 Å². The van der Waals surface area contributed by atoms with Crippen LogP contribution in [-0.4, -0.2) is 18.4 Å². The van der Waals surface area contributed by atoms with Gasteiger partial charge in [-0.15, -0.1) is 0 Å². The predicted molar refractivity (Wildman–Crippen MR) is 65.6 cm³/mol. The van der Waals surface area contributed by atoms with Crippen molar-refractivity contribution >= 4 is 5.97 Å². The molecule has 3 fully saturated rings. The number of esters is 1. The summed E-state index contributed by atoms with van der Waals surface area (Å²) in [6, 6.07) is 0. The Balaban J connectivity index is 1.80. The summed E-state index contributed by atoms with van der Waals surface area (Å²) in [4.78, 5) is 12.4. The van der Waals surface area contributed by atoms with E-state index in [9.17, 15) is 4.79 Å². The first kappa shape index (κ1) is 11.0. The summed E-state index contributed by atoms with van der Waals surface area (Å²) >= 11 is 0. The third kappa shape index (κ3) is 1.04. The van der Waals surface area contributed by atoms with Gasteiger partial charge in [0.05, 0.1) is 0 Å². The highest BCUT2D eigenvalue weighted by Crippen LogP contribution is 2.69. The SMILES string of the molecule is CC1=CC2CC3(C(=O)OC4OC43)C(C)(C)C2CC1. The van der Waals surface area contributed by atoms with Crippen molar-refractivity contribution in [2.75, 3.05) is 0 Å². The maximum absolute atomic E-state index is 12.4. The summed E-state index contributed by atoms with van der Waals surface area (Å²) < 4.78 is 10.9. The number of hydrogen-bond acceptors (Lipinski definition) is 3. The fraction of sp³-hybridized carbons (Fsp3) is 0.800. The molecule has 3 heteroatoms. The molecule has 4 aliphatic rings. The number of hydrogen-bond donors (Lipinski definition) is 0. The first-order chi connectivity index (χ1) is 8.47. The van der Waals surface area contributed by atoms with Gasteiger partial charge in [0.15, 0.2) is 0 Å². The van der Waals surface area contributed by atoms with Gasteiger partial charge in [0.2, 0.25) is 6.29 Å². The molecule has 0 aromatic heterocycles. The van der Waals surface area contributed by atoms with Gasteiger partial charge in [0, 0.05) is 0 Å². The highest BCUT2D eigenvalue weighted by atomic mass is 16.8. The van der Waals surface area contributed by atoms with Crippen LogP contribution in [-0.2, 0) is 14.3 Å². The van der Waals surface area contributed by atoms with E-state index in [0.717, 1.165) is 6.42 Å². The summed E-state index contributed by atoms with van der Waals surface area (Å²) in [6.07, 6.45) is 5.48. The van der Waals surface area contributed by atoms with Crippen LogP contribution in [0.2, 0.25) is 0 Å². The first-order valence-electron chi connectivity index (χ1n) is 7.00. The van der Waals surface area contributed by atoms with Gasteiger partial charge < -0.3 is 9.47 Å². The van der Waals surface area contributed by atoms with Gasteiger partial charge in [-0.1, -0.05) is 25.5 Å². The molecule has 2 heterocycles. The lowest BCUT2D eigenvalue weighted by Crippen LogP contribution is -2.45. The summed E-state index contributed by atoms with van der Waals surface area (Å²) in [5.74, 6) is 1.12. The maximum Gasteiger partial charge on any atom is 0.317 e. The second-order valence-corrected chi connectivity index (χ2v) is 7.05. The van der Waals surface area contributed by atoms with Gasteiger partial charge in [0.1, 0.15) is 11.5 Å². The van der Waals surface area contributed by atoms with Crippen molar-refractivity contribution in [1.29, 1.82) is 0 Å². The van der Waals surface area contributed by atoms with E-state index >= 15 is 0 Å². The molecule has 1 spiro atoms. The van der Waals surface area contributed by atoms with Crippen LogP contribution in [0.3, 0.4) is 0 Å². The van der Waals surface area contributed by atoms with Crippen LogP contribution in [0.15, 0.2) is 11.6 Å². The molecular weight excluding hydrogens is 228 g/mol. The number of rotatable bonds is 0. The summed E-state index contributed by atoms with van der Waals surface area (Å²) in [7, 11) is 0. The number of ether oxygens (including phenoxy) is 2. The highest BCUT2D eigenvalue weighted by molar-refractivity contribution is 5.83. The number of fused-ring (bicyclic) bond motifs is 3. The molecular formula is C15H20O3. The van der Waals surface area contributed by atoms with Gasteiger partial charge in [-0.2, -0.15) is 0 Å². The maximum atomic E-state index is 12.4. The number of carbonyl (C=O) groups excluding carboxylic acids is 1. The molecule has 3 nitrogen and oxygen atoms in total. The van der Waals surface area contributed by atoms with Crippen LogP contribution in [0.5, 0.6) is 0 Å². The topological polar surface area (TPSA) is 38.8 Å². The molecule has 5 atom stereocenters. The Morgan fingerprint density at radius 1 is 1.39 bits per heavy atom. The van der Waals surface area contributed by atoms with Crippen LogP contribution >= 0.6 is 0 Å². The lowest BCUT2D eigenvalue weighted by atomic mass is 9.62. The number of allylic oxidation sites excluding steroid dienone is 2. The third-order valence-corrected chi connectivity index (χ3v) is 6.02. The van der Waals surface area contributed by atoms with E-state index in [1.165, 1.54) is 18.4 Å². The molecule has 2 saturated heterocycles. The quantitative estimate of drug-likeness (QED) is 0.376. The third-order valence-electron chi connectivity index (χ3n) is 6.02. The number of carbonyl (C=O) groups is 1. The van der Waals surface area contributed by atoms with E-state index in [4.69, 9.17) is 9.47 Å². The Morgan fingerprint density at radius 2 is 2.17 bits per heavy atom. The Hall–Kier alpha value is -0.830. The second kappa shape index (κ2) is 3.01. The zero-order chi connectivity index (χ0) is 12.7. The normalized spacial score (nSPS) is 51.7. The molecule has 0 bridgehead atoms. The molecule has 4 rings (SSSR count). The Labute approximate surface area is 108 Å². The monoisotopic (exact) mass is 248 g/mol. The van der Waals surface area contributed by atoms with Crippen molar-refractivity contribution in [3.8, 4) is 0 Å². The lowest BCUT2D eigenvalue weighted by molar-refractivity contribution is -0.165. The first-order valence-corrected chi connectivity index (χ1v) is 7.00. The second-order valence-electron chi connectivity index (χ2n) is 7.05. The molecule has 2 aliphatic carbocycles. The molecule has 0 radical (unpaired) electrons. The fourth-order valence-electron chi connectivity index (χ4n) is 4.92. The summed E-state index contributed by atoms with van der Waals surface area (Å²) in [5.41, 5.74) is 1.08. The largest absolute Gasteiger partial charge is 0.432 e. The van der Waals surface area contributed by atoms with Crippen molar-refractivity contribution in [2.45, 2.75) is 52.4 Å². The standard InChI is InChI=1S/C15H20O3/c1-8-4-5-10-9(6-8)7-15(14(10,2)3)11-12(17-11)18-13(15)16/h6,9-12H,4-5,7H2,1-3H3. The molecule has 18 heavy (non-hydrogen) atoms. The van der Waals surface area contributed by atoms with E-state index in [2.05, 4.69) is 26.8 Å². The summed E-state index contributed by atoms with van der Waals surface area (Å²) in [5, 5.41) is 0. The average molecular weight is 248 g/mol. The van der Waals surface area contributed by atoms with E-state index in [0.29, 0.717) is 11.8 Å². The van der Waals surface area contributed by atoms with E-state index < -0.39 is 0 Å². The predicted octanol–water partition coefficient (Wildman–Crippen LogP) is 2.66. The Morgan fingerprint density at radius 3 is 2.83 bits per heavy atom. The molecule has 0 aromatic rings. The fourth-order valence-corrected chi connectivity index (χ4v) is 4.92. The summed E-state index contributed by atoms with van der Waals surface area (Å²) in [6.45, 7) is 6.70. The minimum atomic E-state index is -0.381. The van der Waals surface area contributed by atoms with Crippen molar-refractivity contribution < 1.29 is 14.3 Å². The van der Waals surface area contributed by atoms with Crippen molar-refractivity contribution in [3.05, 3.63) is 11.6 Å². The van der Waals surface area contributed by atoms with E-state index in [-0.39, 0.29) is 29.2 Å². The van der Waals surface area contributed by atoms with Gasteiger partial charge in [0.25, 0.3) is 0 Å². The number of epoxide rings is 1. The molecule has 0 aromatic carbocycles. The zero-order valence-electron chi connectivity index (χ0n) is 11.2. The van der Waals surface area contributed by atoms with Gasteiger partial charge in [-0.05, 0) is 43.4 Å². The van der Waals surface area contributed by atoms with Crippen LogP contribution in [0, 0.1) is 22.7 Å². The smallest absolute Gasteiger partial charge is 0.317 e. The molecule has 98 valence electrons. The minimum absolute atomic E-state index is 0.00537. The molecule has 2 aliphatic heterocycles. The van der Waals surface area contributed by atoms with Crippen molar-refractivity contribution in [1.82, 2.24) is 0 Å². The Bertz CT molecular complexity index is 464. The van der Waals surface area contributed by atoms with Gasteiger partial charge in [-0.3, -0.25) is 4.79 Å². The van der Waals surface area contributed by atoms with Crippen LogP contribution < -0.4 is 0 Å².